The third kappa shape index (κ3) is 1.14. The first-order valence-electron chi connectivity index (χ1n) is 4.14. The number of para-hydroxylation sites is 1. The average Bonchev–Trinajstić information content (AvgIpc) is 2.45. The number of hydrogen-bond donors (Lipinski definition) is 0. The number of hydrogen-bond acceptors (Lipinski definition) is 3. The Bertz CT molecular complexity index is 351. The molecule has 0 aliphatic carbocycles. The predicted molar refractivity (Wildman–Crippen MR) is 49.3 cm³/mol. The minimum atomic E-state index is -0.586. The molecule has 0 fully saturated rings. The minimum absolute atomic E-state index is 0.236. The van der Waals surface area contributed by atoms with Gasteiger partial charge in [-0.05, 0) is 11.6 Å². The molecule has 0 amide bonds. The van der Waals surface area contributed by atoms with E-state index in [4.69, 9.17) is 0 Å². The van der Waals surface area contributed by atoms with Gasteiger partial charge in [-0.3, -0.25) is 10.1 Å². The number of anilines is 1. The van der Waals surface area contributed by atoms with Crippen molar-refractivity contribution in [1.82, 2.24) is 0 Å². The Morgan fingerprint density at radius 3 is 2.85 bits per heavy atom. The molecule has 1 atom stereocenters. The lowest BCUT2D eigenvalue weighted by molar-refractivity contribution is -0.519. The van der Waals surface area contributed by atoms with Crippen molar-refractivity contribution in [3.05, 3.63) is 39.9 Å². The quantitative estimate of drug-likeness (QED) is 0.480. The van der Waals surface area contributed by atoms with E-state index in [-0.39, 0.29) is 4.92 Å². The lowest BCUT2D eigenvalue weighted by atomic mass is 10.1. The van der Waals surface area contributed by atoms with E-state index in [0.29, 0.717) is 6.42 Å². The molecule has 2 rings (SSSR count). The van der Waals surface area contributed by atoms with Gasteiger partial charge in [0.05, 0.1) is 6.42 Å². The van der Waals surface area contributed by atoms with Gasteiger partial charge in [-0.1, -0.05) is 18.2 Å². The number of rotatable bonds is 1. The van der Waals surface area contributed by atoms with Crippen molar-refractivity contribution in [3.8, 4) is 0 Å². The smallest absolute Gasteiger partial charge is 0.291 e. The van der Waals surface area contributed by atoms with Gasteiger partial charge in [-0.2, -0.15) is 0 Å². The van der Waals surface area contributed by atoms with Crippen molar-refractivity contribution in [1.29, 1.82) is 0 Å². The van der Waals surface area contributed by atoms with Crippen molar-refractivity contribution >= 4 is 5.69 Å². The predicted octanol–water partition coefficient (Wildman–Crippen LogP) is 1.28. The second-order valence-corrected chi connectivity index (χ2v) is 3.21. The molecule has 68 valence electrons. The van der Waals surface area contributed by atoms with Crippen LogP contribution in [-0.2, 0) is 6.42 Å². The third-order valence-corrected chi connectivity index (χ3v) is 2.46. The van der Waals surface area contributed by atoms with E-state index < -0.39 is 6.17 Å². The maximum absolute atomic E-state index is 10.6. The van der Waals surface area contributed by atoms with E-state index in [1.807, 2.05) is 24.3 Å². The zero-order valence-corrected chi connectivity index (χ0v) is 7.30. The van der Waals surface area contributed by atoms with Crippen molar-refractivity contribution in [2.45, 2.75) is 12.6 Å². The molecule has 1 aromatic rings. The van der Waals surface area contributed by atoms with Crippen LogP contribution in [0.2, 0.25) is 0 Å². The summed E-state index contributed by atoms with van der Waals surface area (Å²) in [4.78, 5) is 12.1. The van der Waals surface area contributed by atoms with Crippen molar-refractivity contribution in [2.24, 2.45) is 0 Å². The van der Waals surface area contributed by atoms with Gasteiger partial charge in [0.15, 0.2) is 0 Å². The standard InChI is InChI=1S/C9H10N2O2/c1-10-8-5-3-2-4-7(8)6-9(10)11(12)13/h2-5,9H,6H2,1H3. The van der Waals surface area contributed by atoms with Crippen LogP contribution in [-0.4, -0.2) is 18.1 Å². The lowest BCUT2D eigenvalue weighted by Crippen LogP contribution is -2.34. The summed E-state index contributed by atoms with van der Waals surface area (Å²) in [5.41, 5.74) is 2.04. The zero-order valence-electron chi connectivity index (χ0n) is 7.30. The molecular weight excluding hydrogens is 168 g/mol. The topological polar surface area (TPSA) is 46.4 Å². The molecule has 1 aliphatic heterocycles. The second-order valence-electron chi connectivity index (χ2n) is 3.21. The maximum atomic E-state index is 10.6. The number of likely N-dealkylation sites (N-methyl/N-ethyl adjacent to an activating group) is 1. The highest BCUT2D eigenvalue weighted by molar-refractivity contribution is 5.57. The number of benzene rings is 1. The number of nitro groups is 1. The van der Waals surface area contributed by atoms with E-state index in [0.717, 1.165) is 11.3 Å². The molecule has 0 saturated carbocycles. The third-order valence-electron chi connectivity index (χ3n) is 2.46. The van der Waals surface area contributed by atoms with Crippen LogP contribution >= 0.6 is 0 Å². The van der Waals surface area contributed by atoms with Gasteiger partial charge in [-0.15, -0.1) is 0 Å². The Morgan fingerprint density at radius 1 is 1.54 bits per heavy atom. The second kappa shape index (κ2) is 2.73. The van der Waals surface area contributed by atoms with Gasteiger partial charge < -0.3 is 4.90 Å². The monoisotopic (exact) mass is 178 g/mol. The average molecular weight is 178 g/mol. The number of fused-ring (bicyclic) bond motifs is 1. The Morgan fingerprint density at radius 2 is 2.23 bits per heavy atom. The molecule has 0 aromatic heterocycles. The Balaban J connectivity index is 2.38. The van der Waals surface area contributed by atoms with Gasteiger partial charge in [0.25, 0.3) is 6.17 Å². The molecule has 4 heteroatoms. The van der Waals surface area contributed by atoms with Crippen LogP contribution in [0.25, 0.3) is 0 Å². The summed E-state index contributed by atoms with van der Waals surface area (Å²) in [7, 11) is 1.76. The fourth-order valence-electron chi connectivity index (χ4n) is 1.74. The molecule has 0 spiro atoms. The largest absolute Gasteiger partial charge is 0.313 e. The van der Waals surface area contributed by atoms with Crippen molar-refractivity contribution in [2.75, 3.05) is 11.9 Å². The first-order valence-corrected chi connectivity index (χ1v) is 4.14. The fourth-order valence-corrected chi connectivity index (χ4v) is 1.74. The lowest BCUT2D eigenvalue weighted by Gasteiger charge is -2.14. The highest BCUT2D eigenvalue weighted by atomic mass is 16.6. The number of nitrogens with zero attached hydrogens (tertiary/aromatic N) is 2. The van der Waals surface area contributed by atoms with E-state index >= 15 is 0 Å². The van der Waals surface area contributed by atoms with Gasteiger partial charge in [0.2, 0.25) is 0 Å². The zero-order chi connectivity index (χ0) is 9.42. The normalized spacial score (nSPS) is 20.1. The highest BCUT2D eigenvalue weighted by Gasteiger charge is 2.34. The molecule has 0 saturated heterocycles. The Labute approximate surface area is 75.9 Å². The van der Waals surface area contributed by atoms with Gasteiger partial charge in [-0.25, -0.2) is 0 Å². The molecule has 1 heterocycles. The summed E-state index contributed by atoms with van der Waals surface area (Å²) in [6.07, 6.45) is -0.0722. The van der Waals surface area contributed by atoms with Crippen LogP contribution in [0.4, 0.5) is 5.69 Å². The van der Waals surface area contributed by atoms with Crippen LogP contribution in [0.15, 0.2) is 24.3 Å². The molecule has 1 unspecified atom stereocenters. The fraction of sp³-hybridized carbons (Fsp3) is 0.333. The Kier molecular flexibility index (Phi) is 1.69. The molecular formula is C9H10N2O2. The molecule has 0 radical (unpaired) electrons. The van der Waals surface area contributed by atoms with Gasteiger partial charge in [0.1, 0.15) is 0 Å². The molecule has 1 aliphatic rings. The summed E-state index contributed by atoms with van der Waals surface area (Å²) in [5, 5.41) is 10.6. The summed E-state index contributed by atoms with van der Waals surface area (Å²) >= 11 is 0. The first kappa shape index (κ1) is 8.04. The summed E-state index contributed by atoms with van der Waals surface area (Å²) in [6, 6.07) is 7.67. The molecule has 4 nitrogen and oxygen atoms in total. The molecule has 13 heavy (non-hydrogen) atoms. The summed E-state index contributed by atoms with van der Waals surface area (Å²) in [6.45, 7) is 0. The van der Waals surface area contributed by atoms with Crippen LogP contribution in [0, 0.1) is 10.1 Å². The first-order chi connectivity index (χ1) is 6.20. The van der Waals surface area contributed by atoms with Crippen molar-refractivity contribution in [3.63, 3.8) is 0 Å². The SMILES string of the molecule is CN1c2ccccc2CC1[N+](=O)[O-]. The van der Waals surface area contributed by atoms with E-state index in [9.17, 15) is 10.1 Å². The van der Waals surface area contributed by atoms with Crippen LogP contribution in [0.1, 0.15) is 5.56 Å². The molecule has 1 aromatic carbocycles. The molecule has 0 bridgehead atoms. The van der Waals surface area contributed by atoms with Gasteiger partial charge >= 0.3 is 0 Å². The van der Waals surface area contributed by atoms with E-state index in [1.54, 1.807) is 11.9 Å². The summed E-state index contributed by atoms with van der Waals surface area (Å²) in [5.74, 6) is 0. The minimum Gasteiger partial charge on any atom is -0.313 e. The summed E-state index contributed by atoms with van der Waals surface area (Å²) < 4.78 is 0. The maximum Gasteiger partial charge on any atom is 0.291 e. The van der Waals surface area contributed by atoms with E-state index in [2.05, 4.69) is 0 Å². The van der Waals surface area contributed by atoms with Crippen LogP contribution < -0.4 is 4.90 Å². The van der Waals surface area contributed by atoms with Crippen LogP contribution in [0.5, 0.6) is 0 Å². The van der Waals surface area contributed by atoms with Gasteiger partial charge in [0, 0.05) is 17.7 Å². The molecule has 0 N–H and O–H groups in total. The van der Waals surface area contributed by atoms with E-state index in [1.165, 1.54) is 0 Å². The van der Waals surface area contributed by atoms with Crippen molar-refractivity contribution < 1.29 is 4.92 Å². The Hall–Kier alpha value is -1.58. The van der Waals surface area contributed by atoms with Crippen LogP contribution in [0.3, 0.4) is 0 Å². The highest BCUT2D eigenvalue weighted by Crippen LogP contribution is 2.30.